The molecule has 0 amide bonds. The molecule has 12 rings (SSSR count). The van der Waals surface area contributed by atoms with Crippen LogP contribution in [0.15, 0.2) is 253 Å². The predicted octanol–water partition coefficient (Wildman–Crippen LogP) is 17.0. The summed E-state index contributed by atoms with van der Waals surface area (Å²) in [6, 6.07) is 72.6. The second-order valence-corrected chi connectivity index (χ2v) is 15.8. The van der Waals surface area contributed by atoms with E-state index in [1.807, 2.05) is 78.9 Å². The fourth-order valence-electron chi connectivity index (χ4n) is 9.14. The first-order valence-corrected chi connectivity index (χ1v) is 21.3. The molecular formula is C60H41N3O. The van der Waals surface area contributed by atoms with Crippen molar-refractivity contribution < 1.29 is 11.3 Å². The van der Waals surface area contributed by atoms with Gasteiger partial charge in [0, 0.05) is 66.9 Å². The van der Waals surface area contributed by atoms with Crippen molar-refractivity contribution in [3.8, 4) is 27.9 Å². The summed E-state index contributed by atoms with van der Waals surface area (Å²) in [7, 11) is 0. The SMILES string of the molecule is [2H]c1c([2H])c([2H])c(N(c2ccccc2)c2cccc(N(c3ccccc3)c3ccc(-c4ccc5c(c4)oc4c(-c6ccc7c8ccccc8n(-c8ccccc8)c7c6)cccc45)cc3)c2)c([2H])c1[2H]. The number of rotatable bonds is 9. The second kappa shape index (κ2) is 15.7. The van der Waals surface area contributed by atoms with Gasteiger partial charge in [-0.2, -0.15) is 0 Å². The van der Waals surface area contributed by atoms with Crippen molar-refractivity contribution in [2.75, 3.05) is 9.80 Å². The number of nitrogens with zero attached hydrogens (tertiary/aromatic N) is 3. The summed E-state index contributed by atoms with van der Waals surface area (Å²) >= 11 is 0. The first-order chi connectivity index (χ1) is 33.8. The molecule has 0 fully saturated rings. The summed E-state index contributed by atoms with van der Waals surface area (Å²) in [5, 5.41) is 4.53. The first kappa shape index (κ1) is 32.2. The van der Waals surface area contributed by atoms with Gasteiger partial charge in [0.15, 0.2) is 0 Å². The molecule has 0 radical (unpaired) electrons. The Labute approximate surface area is 378 Å². The molecule has 10 aromatic carbocycles. The van der Waals surface area contributed by atoms with E-state index in [0.29, 0.717) is 11.4 Å². The Hall–Kier alpha value is -8.60. The summed E-state index contributed by atoms with van der Waals surface area (Å²) in [5.41, 5.74) is 13.3. The van der Waals surface area contributed by atoms with Gasteiger partial charge in [0.25, 0.3) is 0 Å². The normalized spacial score (nSPS) is 12.5. The van der Waals surface area contributed by atoms with Crippen LogP contribution >= 0.6 is 0 Å². The van der Waals surface area contributed by atoms with E-state index in [1.165, 1.54) is 16.3 Å². The van der Waals surface area contributed by atoms with E-state index in [-0.39, 0.29) is 17.8 Å². The van der Waals surface area contributed by atoms with Crippen LogP contribution in [-0.2, 0) is 0 Å². The molecule has 2 heterocycles. The van der Waals surface area contributed by atoms with Gasteiger partial charge in [0.05, 0.1) is 17.9 Å². The topological polar surface area (TPSA) is 24.6 Å². The molecule has 0 spiro atoms. The van der Waals surface area contributed by atoms with Crippen LogP contribution in [0, 0.1) is 0 Å². The van der Waals surface area contributed by atoms with Crippen molar-refractivity contribution in [1.82, 2.24) is 4.57 Å². The molecule has 0 unspecified atom stereocenters. The molecule has 0 aliphatic rings. The van der Waals surface area contributed by atoms with E-state index in [9.17, 15) is 0 Å². The summed E-state index contributed by atoms with van der Waals surface area (Å²) in [6.45, 7) is 0. The largest absolute Gasteiger partial charge is 0.455 e. The Morgan fingerprint density at radius 3 is 1.64 bits per heavy atom. The fraction of sp³-hybridized carbons (Fsp3) is 0. The van der Waals surface area contributed by atoms with E-state index in [1.54, 1.807) is 4.90 Å². The number of anilines is 6. The molecule has 4 heteroatoms. The molecular weight excluding hydrogens is 779 g/mol. The van der Waals surface area contributed by atoms with Crippen LogP contribution in [0.25, 0.3) is 71.7 Å². The van der Waals surface area contributed by atoms with E-state index in [2.05, 4.69) is 149 Å². The van der Waals surface area contributed by atoms with Crippen LogP contribution in [0.2, 0.25) is 0 Å². The molecule has 12 aromatic rings. The van der Waals surface area contributed by atoms with Crippen LogP contribution in [0.3, 0.4) is 0 Å². The van der Waals surface area contributed by atoms with Crippen molar-refractivity contribution in [2.24, 2.45) is 0 Å². The number of fused-ring (bicyclic) bond motifs is 6. The molecule has 0 saturated heterocycles. The van der Waals surface area contributed by atoms with Gasteiger partial charge < -0.3 is 18.8 Å². The average molecular weight is 825 g/mol. The smallest absolute Gasteiger partial charge is 0.143 e. The number of aromatic nitrogens is 1. The predicted molar refractivity (Wildman–Crippen MR) is 268 cm³/mol. The third kappa shape index (κ3) is 6.48. The lowest BCUT2D eigenvalue weighted by Crippen LogP contribution is -2.13. The highest BCUT2D eigenvalue weighted by Gasteiger charge is 2.19. The second-order valence-electron chi connectivity index (χ2n) is 15.8. The lowest BCUT2D eigenvalue weighted by molar-refractivity contribution is 0.670. The highest BCUT2D eigenvalue weighted by atomic mass is 16.3. The highest BCUT2D eigenvalue weighted by Crippen LogP contribution is 2.43. The van der Waals surface area contributed by atoms with Crippen molar-refractivity contribution in [1.29, 1.82) is 0 Å². The van der Waals surface area contributed by atoms with Crippen LogP contribution in [0.5, 0.6) is 0 Å². The third-order valence-electron chi connectivity index (χ3n) is 12.0. The number of hydrogen-bond acceptors (Lipinski definition) is 3. The maximum Gasteiger partial charge on any atom is 0.143 e. The zero-order chi connectivity index (χ0) is 46.8. The van der Waals surface area contributed by atoms with E-state index in [0.717, 1.165) is 72.5 Å². The minimum Gasteiger partial charge on any atom is -0.455 e. The van der Waals surface area contributed by atoms with Gasteiger partial charge in [-0.15, -0.1) is 0 Å². The molecule has 64 heavy (non-hydrogen) atoms. The monoisotopic (exact) mass is 824 g/mol. The van der Waals surface area contributed by atoms with Gasteiger partial charge >= 0.3 is 0 Å². The lowest BCUT2D eigenvalue weighted by Gasteiger charge is -2.29. The minimum atomic E-state index is -0.435. The first-order valence-electron chi connectivity index (χ1n) is 23.8. The Kier molecular flexibility index (Phi) is 7.89. The summed E-state index contributed by atoms with van der Waals surface area (Å²) in [4.78, 5) is 3.89. The van der Waals surface area contributed by atoms with Gasteiger partial charge in [0.1, 0.15) is 11.2 Å². The molecule has 0 saturated carbocycles. The summed E-state index contributed by atoms with van der Waals surface area (Å²) in [5.74, 6) is 0. The van der Waals surface area contributed by atoms with Gasteiger partial charge in [-0.05, 0) is 120 Å². The van der Waals surface area contributed by atoms with Gasteiger partial charge in [-0.3, -0.25) is 0 Å². The molecule has 0 aliphatic carbocycles. The fourth-order valence-corrected chi connectivity index (χ4v) is 9.14. The molecule has 302 valence electrons. The van der Waals surface area contributed by atoms with E-state index < -0.39 is 18.1 Å². The van der Waals surface area contributed by atoms with Crippen LogP contribution in [0.4, 0.5) is 34.1 Å². The quantitative estimate of drug-likeness (QED) is 0.145. The highest BCUT2D eigenvalue weighted by molar-refractivity contribution is 6.13. The minimum absolute atomic E-state index is 0.0716. The van der Waals surface area contributed by atoms with E-state index >= 15 is 0 Å². The van der Waals surface area contributed by atoms with Gasteiger partial charge in [-0.25, -0.2) is 0 Å². The molecule has 0 N–H and O–H groups in total. The standard InChI is InChI=1S/C60H41N3O/c1-5-17-45(18-6-1)61(46-19-7-2-8-20-46)50-25-15-26-51(41-50)62(47-21-9-3-10-22-47)49-35-31-42(32-36-49)43-33-38-55-56-29-16-28-52(60(56)64-59(55)40-43)44-34-37-54-53-27-13-14-30-57(53)63(58(54)39-44)48-23-11-4-12-24-48/h1-41H/i1D,5D,6D,17D,18D. The van der Waals surface area contributed by atoms with E-state index in [4.69, 9.17) is 11.3 Å². The zero-order valence-corrected chi connectivity index (χ0v) is 34.5. The maximum atomic E-state index is 8.92. The van der Waals surface area contributed by atoms with Crippen LogP contribution < -0.4 is 9.80 Å². The molecule has 4 nitrogen and oxygen atoms in total. The van der Waals surface area contributed by atoms with Crippen molar-refractivity contribution in [2.45, 2.75) is 0 Å². The Balaban J connectivity index is 0.916. The van der Waals surface area contributed by atoms with Gasteiger partial charge in [-0.1, -0.05) is 146 Å². The van der Waals surface area contributed by atoms with Gasteiger partial charge in [0.2, 0.25) is 0 Å². The van der Waals surface area contributed by atoms with Crippen molar-refractivity contribution in [3.63, 3.8) is 0 Å². The summed E-state index contributed by atoms with van der Waals surface area (Å²) in [6.07, 6.45) is 0. The molecule has 0 aliphatic heterocycles. The van der Waals surface area contributed by atoms with Crippen molar-refractivity contribution in [3.05, 3.63) is 249 Å². The molecule has 0 atom stereocenters. The Bertz CT molecular complexity index is 3880. The number of para-hydroxylation sites is 6. The lowest BCUT2D eigenvalue weighted by atomic mass is 9.99. The summed E-state index contributed by atoms with van der Waals surface area (Å²) < 4.78 is 52.3. The third-order valence-corrected chi connectivity index (χ3v) is 12.0. The maximum absolute atomic E-state index is 8.92. The number of furan rings is 1. The molecule has 0 bridgehead atoms. The number of benzene rings is 10. The van der Waals surface area contributed by atoms with Crippen molar-refractivity contribution >= 4 is 77.9 Å². The van der Waals surface area contributed by atoms with Crippen LogP contribution in [-0.4, -0.2) is 4.57 Å². The Morgan fingerprint density at radius 2 is 0.906 bits per heavy atom. The zero-order valence-electron chi connectivity index (χ0n) is 39.5. The van der Waals surface area contributed by atoms with Crippen LogP contribution in [0.1, 0.15) is 6.85 Å². The number of hydrogen-bond donors (Lipinski definition) is 0. The average Bonchev–Trinajstić information content (AvgIpc) is 3.95. The Morgan fingerprint density at radius 1 is 0.359 bits per heavy atom. The molecule has 2 aromatic heterocycles.